The molecule has 0 unspecified atom stereocenters. The van der Waals surface area contributed by atoms with Crippen molar-refractivity contribution in [3.63, 3.8) is 0 Å². The van der Waals surface area contributed by atoms with E-state index in [0.29, 0.717) is 11.4 Å². The Morgan fingerprint density at radius 1 is 1.50 bits per heavy atom. The highest BCUT2D eigenvalue weighted by atomic mass is 35.5. The van der Waals surface area contributed by atoms with Crippen LogP contribution in [-0.4, -0.2) is 10.7 Å². The van der Waals surface area contributed by atoms with Crippen molar-refractivity contribution in [1.29, 1.82) is 5.26 Å². The van der Waals surface area contributed by atoms with Gasteiger partial charge in [0.1, 0.15) is 5.03 Å². The largest absolute Gasteiger partial charge is 0.248 e. The Labute approximate surface area is 93.3 Å². The van der Waals surface area contributed by atoms with E-state index in [9.17, 15) is 0 Å². The number of halogens is 1. The first-order valence-electron chi connectivity index (χ1n) is 4.45. The van der Waals surface area contributed by atoms with Gasteiger partial charge in [-0.25, -0.2) is 4.98 Å². The highest BCUT2D eigenvalue weighted by molar-refractivity contribution is 7.99. The van der Waals surface area contributed by atoms with E-state index in [1.54, 1.807) is 18.0 Å². The van der Waals surface area contributed by atoms with Crippen molar-refractivity contribution in [3.8, 4) is 6.07 Å². The van der Waals surface area contributed by atoms with Crippen molar-refractivity contribution in [2.75, 3.05) is 5.75 Å². The summed E-state index contributed by atoms with van der Waals surface area (Å²) in [5.41, 5.74) is 0. The zero-order valence-electron chi connectivity index (χ0n) is 7.74. The standard InChI is InChI=1S/C10H11ClN2S/c11-9-5-4-7-13-10(9)14-8-3-1-2-6-12/h4-5,7H,1-3,8H2. The van der Waals surface area contributed by atoms with E-state index < -0.39 is 0 Å². The lowest BCUT2D eigenvalue weighted by Gasteiger charge is -2.00. The van der Waals surface area contributed by atoms with Crippen LogP contribution in [0, 0.1) is 11.3 Å². The molecule has 1 aromatic heterocycles. The average molecular weight is 227 g/mol. The minimum absolute atomic E-state index is 0.635. The van der Waals surface area contributed by atoms with Crippen molar-refractivity contribution in [3.05, 3.63) is 23.4 Å². The summed E-state index contributed by atoms with van der Waals surface area (Å²) in [6.07, 6.45) is 4.36. The van der Waals surface area contributed by atoms with Gasteiger partial charge in [0.15, 0.2) is 0 Å². The van der Waals surface area contributed by atoms with Crippen molar-refractivity contribution in [1.82, 2.24) is 4.98 Å². The number of nitrogens with zero attached hydrogens (tertiary/aromatic N) is 2. The first kappa shape index (κ1) is 11.4. The smallest absolute Gasteiger partial charge is 0.115 e. The van der Waals surface area contributed by atoms with Crippen LogP contribution < -0.4 is 0 Å². The summed E-state index contributed by atoms with van der Waals surface area (Å²) < 4.78 is 0. The maximum Gasteiger partial charge on any atom is 0.115 e. The SMILES string of the molecule is N#CCCCCSc1ncccc1Cl. The van der Waals surface area contributed by atoms with Crippen molar-refractivity contribution >= 4 is 23.4 Å². The van der Waals surface area contributed by atoms with Crippen LogP contribution >= 0.6 is 23.4 Å². The van der Waals surface area contributed by atoms with E-state index in [-0.39, 0.29) is 0 Å². The molecule has 0 aromatic carbocycles. The quantitative estimate of drug-likeness (QED) is 0.570. The van der Waals surface area contributed by atoms with Gasteiger partial charge in [-0.1, -0.05) is 11.6 Å². The number of hydrogen-bond donors (Lipinski definition) is 0. The summed E-state index contributed by atoms with van der Waals surface area (Å²) in [7, 11) is 0. The van der Waals surface area contributed by atoms with E-state index >= 15 is 0 Å². The number of unbranched alkanes of at least 4 members (excludes halogenated alkanes) is 2. The third-order valence-electron chi connectivity index (χ3n) is 1.65. The van der Waals surface area contributed by atoms with E-state index in [2.05, 4.69) is 11.1 Å². The van der Waals surface area contributed by atoms with Crippen LogP contribution in [0.5, 0.6) is 0 Å². The highest BCUT2D eigenvalue weighted by Gasteiger charge is 2.00. The average Bonchev–Trinajstić information content (AvgIpc) is 2.20. The van der Waals surface area contributed by atoms with Gasteiger partial charge in [0, 0.05) is 12.6 Å². The molecule has 0 atom stereocenters. The normalized spacial score (nSPS) is 9.71. The Balaban J connectivity index is 2.25. The van der Waals surface area contributed by atoms with E-state index in [1.165, 1.54) is 0 Å². The molecule has 0 aliphatic carbocycles. The molecule has 0 aliphatic heterocycles. The molecule has 0 saturated carbocycles. The minimum atomic E-state index is 0.635. The first-order chi connectivity index (χ1) is 6.84. The van der Waals surface area contributed by atoms with E-state index in [4.69, 9.17) is 16.9 Å². The van der Waals surface area contributed by atoms with Crippen LogP contribution in [0.1, 0.15) is 19.3 Å². The molecule has 0 bridgehead atoms. The van der Waals surface area contributed by atoms with Gasteiger partial charge in [0.2, 0.25) is 0 Å². The lowest BCUT2D eigenvalue weighted by Crippen LogP contribution is -1.84. The maximum atomic E-state index is 8.34. The summed E-state index contributed by atoms with van der Waals surface area (Å²) >= 11 is 7.57. The van der Waals surface area contributed by atoms with Gasteiger partial charge in [-0.3, -0.25) is 0 Å². The fourth-order valence-electron chi connectivity index (χ4n) is 0.952. The van der Waals surface area contributed by atoms with Crippen molar-refractivity contribution in [2.24, 2.45) is 0 Å². The van der Waals surface area contributed by atoms with Gasteiger partial charge in [-0.2, -0.15) is 5.26 Å². The molecule has 0 radical (unpaired) electrons. The molecule has 0 amide bonds. The zero-order valence-corrected chi connectivity index (χ0v) is 9.31. The molecule has 0 saturated heterocycles. The Morgan fingerprint density at radius 2 is 2.36 bits per heavy atom. The fourth-order valence-corrected chi connectivity index (χ4v) is 2.12. The number of thioether (sulfide) groups is 1. The van der Waals surface area contributed by atoms with Crippen LogP contribution in [0.4, 0.5) is 0 Å². The van der Waals surface area contributed by atoms with Gasteiger partial charge < -0.3 is 0 Å². The topological polar surface area (TPSA) is 36.7 Å². The zero-order chi connectivity index (χ0) is 10.2. The van der Waals surface area contributed by atoms with Crippen LogP contribution in [-0.2, 0) is 0 Å². The van der Waals surface area contributed by atoms with E-state index in [1.807, 2.05) is 12.1 Å². The molecule has 0 aliphatic rings. The highest BCUT2D eigenvalue weighted by Crippen LogP contribution is 2.24. The Morgan fingerprint density at radius 3 is 3.07 bits per heavy atom. The van der Waals surface area contributed by atoms with Crippen LogP contribution in [0.3, 0.4) is 0 Å². The van der Waals surface area contributed by atoms with Gasteiger partial charge >= 0.3 is 0 Å². The minimum Gasteiger partial charge on any atom is -0.248 e. The van der Waals surface area contributed by atoms with Crippen LogP contribution in [0.15, 0.2) is 23.4 Å². The first-order valence-corrected chi connectivity index (χ1v) is 5.81. The van der Waals surface area contributed by atoms with E-state index in [0.717, 1.165) is 23.6 Å². The predicted molar refractivity (Wildman–Crippen MR) is 59.4 cm³/mol. The lowest BCUT2D eigenvalue weighted by atomic mass is 10.3. The van der Waals surface area contributed by atoms with Gasteiger partial charge in [-0.05, 0) is 30.7 Å². The second-order valence-corrected chi connectivity index (χ2v) is 4.24. The second-order valence-electron chi connectivity index (χ2n) is 2.75. The fraction of sp³-hybridized carbons (Fsp3) is 0.400. The molecule has 1 rings (SSSR count). The van der Waals surface area contributed by atoms with Gasteiger partial charge in [0.25, 0.3) is 0 Å². The van der Waals surface area contributed by atoms with Crippen molar-refractivity contribution < 1.29 is 0 Å². The number of pyridine rings is 1. The number of nitriles is 1. The molecule has 1 aromatic rings. The third-order valence-corrected chi connectivity index (χ3v) is 3.16. The molecule has 74 valence electrons. The second kappa shape index (κ2) is 6.69. The summed E-state index contributed by atoms with van der Waals surface area (Å²) in [5.74, 6) is 0.971. The number of rotatable bonds is 5. The van der Waals surface area contributed by atoms with Crippen LogP contribution in [0.25, 0.3) is 0 Å². The number of hydrogen-bond acceptors (Lipinski definition) is 3. The molecule has 0 fully saturated rings. The summed E-state index contributed by atoms with van der Waals surface area (Å²) in [6.45, 7) is 0. The van der Waals surface area contributed by atoms with Gasteiger partial charge in [0.05, 0.1) is 11.1 Å². The van der Waals surface area contributed by atoms with Gasteiger partial charge in [-0.15, -0.1) is 11.8 Å². The Bertz CT molecular complexity index is 322. The molecular weight excluding hydrogens is 216 g/mol. The van der Waals surface area contributed by atoms with Crippen LogP contribution in [0.2, 0.25) is 5.02 Å². The number of aromatic nitrogens is 1. The maximum absolute atomic E-state index is 8.34. The molecule has 14 heavy (non-hydrogen) atoms. The molecular formula is C10H11ClN2S. The molecule has 0 N–H and O–H groups in total. The molecule has 2 nitrogen and oxygen atoms in total. The Hall–Kier alpha value is -0.720. The Kier molecular flexibility index (Phi) is 5.43. The lowest BCUT2D eigenvalue weighted by molar-refractivity contribution is 0.829. The summed E-state index contributed by atoms with van der Waals surface area (Å²) in [6, 6.07) is 5.79. The third kappa shape index (κ3) is 3.99. The van der Waals surface area contributed by atoms with Crippen molar-refractivity contribution in [2.45, 2.75) is 24.3 Å². The predicted octanol–water partition coefficient (Wildman–Crippen LogP) is 3.52. The molecule has 0 spiro atoms. The molecule has 4 heteroatoms. The summed E-state index contributed by atoms with van der Waals surface area (Å²) in [4.78, 5) is 4.16. The monoisotopic (exact) mass is 226 g/mol. The summed E-state index contributed by atoms with van der Waals surface area (Å²) in [5, 5.41) is 9.92. The molecule has 1 heterocycles.